The van der Waals surface area contributed by atoms with E-state index in [-0.39, 0.29) is 11.8 Å². The van der Waals surface area contributed by atoms with Gasteiger partial charge in [-0.3, -0.25) is 9.59 Å². The van der Waals surface area contributed by atoms with Gasteiger partial charge in [-0.2, -0.15) is 0 Å². The van der Waals surface area contributed by atoms with E-state index in [1.807, 2.05) is 43.3 Å². The van der Waals surface area contributed by atoms with Crippen molar-refractivity contribution in [3.05, 3.63) is 48.0 Å². The second-order valence-electron chi connectivity index (χ2n) is 6.35. The third kappa shape index (κ3) is 3.74. The van der Waals surface area contributed by atoms with Gasteiger partial charge in [-0.1, -0.05) is 19.1 Å². The molecule has 3 rings (SSSR count). The van der Waals surface area contributed by atoms with Crippen molar-refractivity contribution in [3.8, 4) is 22.6 Å². The first kappa shape index (κ1) is 18.8. The van der Waals surface area contributed by atoms with Crippen LogP contribution < -0.4 is 14.8 Å². The van der Waals surface area contributed by atoms with E-state index in [0.29, 0.717) is 30.8 Å². The lowest BCUT2D eigenvalue weighted by Gasteiger charge is -2.35. The standard InChI is InChI=1S/C21H24N2O4/c1-4-19-20(24)22-11-12-23(19)21(25)18-13-16(27-3)9-10-17(18)14-5-7-15(26-2)8-6-14/h5-10,13,19H,4,11-12H2,1-3H3,(H,22,24)/t19-/m1/s1. The van der Waals surface area contributed by atoms with Crippen LogP contribution in [0.4, 0.5) is 0 Å². The van der Waals surface area contributed by atoms with Crippen molar-refractivity contribution in [2.45, 2.75) is 19.4 Å². The Labute approximate surface area is 159 Å². The smallest absolute Gasteiger partial charge is 0.255 e. The van der Waals surface area contributed by atoms with Crippen LogP contribution in [0.3, 0.4) is 0 Å². The van der Waals surface area contributed by atoms with E-state index in [1.54, 1.807) is 25.2 Å². The maximum atomic E-state index is 13.4. The van der Waals surface area contributed by atoms with E-state index in [0.717, 1.165) is 16.9 Å². The molecule has 1 aliphatic rings. The molecule has 142 valence electrons. The molecule has 6 heteroatoms. The number of piperazine rings is 1. The van der Waals surface area contributed by atoms with Gasteiger partial charge in [-0.15, -0.1) is 0 Å². The van der Waals surface area contributed by atoms with Crippen molar-refractivity contribution in [2.24, 2.45) is 0 Å². The lowest BCUT2D eigenvalue weighted by Crippen LogP contribution is -2.56. The summed E-state index contributed by atoms with van der Waals surface area (Å²) in [6, 6.07) is 12.5. The lowest BCUT2D eigenvalue weighted by atomic mass is 9.97. The molecule has 1 heterocycles. The summed E-state index contributed by atoms with van der Waals surface area (Å²) in [7, 11) is 3.18. The molecule has 0 bridgehead atoms. The van der Waals surface area contributed by atoms with Crippen molar-refractivity contribution in [2.75, 3.05) is 27.3 Å². The predicted octanol–water partition coefficient (Wildman–Crippen LogP) is 2.72. The summed E-state index contributed by atoms with van der Waals surface area (Å²) in [6.45, 7) is 2.86. The number of ether oxygens (including phenoxy) is 2. The number of benzene rings is 2. The molecule has 0 radical (unpaired) electrons. The molecule has 2 aromatic carbocycles. The van der Waals surface area contributed by atoms with Gasteiger partial charge in [0.05, 0.1) is 19.8 Å². The first-order chi connectivity index (χ1) is 13.1. The highest BCUT2D eigenvalue weighted by molar-refractivity contribution is 6.03. The van der Waals surface area contributed by atoms with Crippen LogP contribution in [0, 0.1) is 0 Å². The van der Waals surface area contributed by atoms with E-state index in [9.17, 15) is 9.59 Å². The first-order valence-corrected chi connectivity index (χ1v) is 9.00. The Morgan fingerprint density at radius 1 is 1.11 bits per heavy atom. The monoisotopic (exact) mass is 368 g/mol. The van der Waals surface area contributed by atoms with Crippen molar-refractivity contribution in [1.29, 1.82) is 0 Å². The SMILES string of the molecule is CC[C@@H]1C(=O)NCCN1C(=O)c1cc(OC)ccc1-c1ccc(OC)cc1. The van der Waals surface area contributed by atoms with Crippen molar-refractivity contribution in [3.63, 3.8) is 0 Å². The molecule has 1 N–H and O–H groups in total. The van der Waals surface area contributed by atoms with E-state index in [4.69, 9.17) is 9.47 Å². The van der Waals surface area contributed by atoms with Gasteiger partial charge in [0, 0.05) is 13.1 Å². The fraction of sp³-hybridized carbons (Fsp3) is 0.333. The van der Waals surface area contributed by atoms with Crippen LogP contribution in [0.2, 0.25) is 0 Å². The van der Waals surface area contributed by atoms with E-state index >= 15 is 0 Å². The zero-order valence-corrected chi connectivity index (χ0v) is 15.8. The Balaban J connectivity index is 2.04. The van der Waals surface area contributed by atoms with E-state index < -0.39 is 6.04 Å². The predicted molar refractivity (Wildman–Crippen MR) is 103 cm³/mol. The average Bonchev–Trinajstić information content (AvgIpc) is 2.72. The molecule has 0 aliphatic carbocycles. The normalized spacial score (nSPS) is 16.6. The number of nitrogens with zero attached hydrogens (tertiary/aromatic N) is 1. The average molecular weight is 368 g/mol. The molecule has 1 fully saturated rings. The Morgan fingerprint density at radius 3 is 2.41 bits per heavy atom. The van der Waals surface area contributed by atoms with Crippen LogP contribution in [0.1, 0.15) is 23.7 Å². The molecule has 2 aromatic rings. The quantitative estimate of drug-likeness (QED) is 0.881. The molecule has 0 unspecified atom stereocenters. The molecular weight excluding hydrogens is 344 g/mol. The molecular formula is C21H24N2O4. The zero-order valence-electron chi connectivity index (χ0n) is 15.8. The van der Waals surface area contributed by atoms with Gasteiger partial charge >= 0.3 is 0 Å². The van der Waals surface area contributed by atoms with Crippen molar-refractivity contribution in [1.82, 2.24) is 10.2 Å². The largest absolute Gasteiger partial charge is 0.497 e. The van der Waals surface area contributed by atoms with Gasteiger partial charge in [0.2, 0.25) is 5.91 Å². The fourth-order valence-electron chi connectivity index (χ4n) is 3.37. The van der Waals surface area contributed by atoms with Gasteiger partial charge in [0.25, 0.3) is 5.91 Å². The van der Waals surface area contributed by atoms with Crippen molar-refractivity contribution < 1.29 is 19.1 Å². The van der Waals surface area contributed by atoms with Crippen LogP contribution in [0.15, 0.2) is 42.5 Å². The summed E-state index contributed by atoms with van der Waals surface area (Å²) >= 11 is 0. The van der Waals surface area contributed by atoms with Crippen LogP contribution in [-0.2, 0) is 4.79 Å². The number of nitrogens with one attached hydrogen (secondary N) is 1. The van der Waals surface area contributed by atoms with Crippen molar-refractivity contribution >= 4 is 11.8 Å². The van der Waals surface area contributed by atoms with E-state index in [1.165, 1.54) is 0 Å². The van der Waals surface area contributed by atoms with Gasteiger partial charge in [-0.25, -0.2) is 0 Å². The molecule has 0 saturated carbocycles. The molecule has 1 atom stereocenters. The summed E-state index contributed by atoms with van der Waals surface area (Å²) in [4.78, 5) is 27.2. The number of hydrogen-bond acceptors (Lipinski definition) is 4. The Kier molecular flexibility index (Phi) is 5.64. The van der Waals surface area contributed by atoms with Crippen LogP contribution >= 0.6 is 0 Å². The van der Waals surface area contributed by atoms with Crippen LogP contribution in [0.25, 0.3) is 11.1 Å². The molecule has 1 saturated heterocycles. The van der Waals surface area contributed by atoms with Gasteiger partial charge < -0.3 is 19.7 Å². The third-order valence-corrected chi connectivity index (χ3v) is 4.84. The summed E-state index contributed by atoms with van der Waals surface area (Å²) in [5, 5.41) is 2.83. The second-order valence-corrected chi connectivity index (χ2v) is 6.35. The summed E-state index contributed by atoms with van der Waals surface area (Å²) in [5.41, 5.74) is 2.22. The number of methoxy groups -OCH3 is 2. The fourth-order valence-corrected chi connectivity index (χ4v) is 3.37. The van der Waals surface area contributed by atoms with Gasteiger partial charge in [0.15, 0.2) is 0 Å². The van der Waals surface area contributed by atoms with E-state index in [2.05, 4.69) is 5.32 Å². The Morgan fingerprint density at radius 2 is 1.78 bits per heavy atom. The highest BCUT2D eigenvalue weighted by Gasteiger charge is 2.33. The number of hydrogen-bond donors (Lipinski definition) is 1. The molecule has 27 heavy (non-hydrogen) atoms. The third-order valence-electron chi connectivity index (χ3n) is 4.84. The zero-order chi connectivity index (χ0) is 19.4. The Hall–Kier alpha value is -3.02. The number of carbonyl (C=O) groups excluding carboxylic acids is 2. The number of rotatable bonds is 5. The molecule has 0 aromatic heterocycles. The lowest BCUT2D eigenvalue weighted by molar-refractivity contribution is -0.127. The summed E-state index contributed by atoms with van der Waals surface area (Å²) in [5.74, 6) is 1.08. The topological polar surface area (TPSA) is 67.9 Å². The minimum atomic E-state index is -0.457. The highest BCUT2D eigenvalue weighted by Crippen LogP contribution is 2.30. The highest BCUT2D eigenvalue weighted by atomic mass is 16.5. The molecule has 0 spiro atoms. The van der Waals surface area contributed by atoms with Gasteiger partial charge in [0.1, 0.15) is 17.5 Å². The second kappa shape index (κ2) is 8.12. The maximum Gasteiger partial charge on any atom is 0.255 e. The van der Waals surface area contributed by atoms with Crippen LogP contribution in [0.5, 0.6) is 11.5 Å². The summed E-state index contributed by atoms with van der Waals surface area (Å²) in [6.07, 6.45) is 0.569. The molecule has 1 aliphatic heterocycles. The minimum Gasteiger partial charge on any atom is -0.497 e. The first-order valence-electron chi connectivity index (χ1n) is 9.00. The number of amides is 2. The number of carbonyl (C=O) groups is 2. The Bertz CT molecular complexity index is 833. The summed E-state index contributed by atoms with van der Waals surface area (Å²) < 4.78 is 10.5. The maximum absolute atomic E-state index is 13.4. The minimum absolute atomic E-state index is 0.106. The molecule has 6 nitrogen and oxygen atoms in total. The van der Waals surface area contributed by atoms with Crippen LogP contribution in [-0.4, -0.2) is 50.1 Å². The van der Waals surface area contributed by atoms with Gasteiger partial charge in [-0.05, 0) is 47.9 Å². The molecule has 2 amide bonds.